The highest BCUT2D eigenvalue weighted by atomic mass is 16.2. The van der Waals surface area contributed by atoms with Crippen molar-refractivity contribution in [3.63, 3.8) is 0 Å². The maximum absolute atomic E-state index is 11.8. The Labute approximate surface area is 114 Å². The Balaban J connectivity index is 2.00. The minimum Gasteiger partial charge on any atom is -0.373 e. The van der Waals surface area contributed by atoms with Crippen LogP contribution in [0.4, 0.5) is 0 Å². The van der Waals surface area contributed by atoms with E-state index < -0.39 is 0 Å². The van der Waals surface area contributed by atoms with Crippen LogP contribution in [-0.4, -0.2) is 35.8 Å². The van der Waals surface area contributed by atoms with Gasteiger partial charge in [0.25, 0.3) is 0 Å². The zero-order chi connectivity index (χ0) is 13.4. The molecule has 1 saturated heterocycles. The number of nitrogens with zero attached hydrogens (tertiary/aromatic N) is 2. The van der Waals surface area contributed by atoms with Gasteiger partial charge in [-0.3, -0.25) is 4.79 Å². The zero-order valence-electron chi connectivity index (χ0n) is 11.6. The monoisotopic (exact) mass is 256 g/mol. The van der Waals surface area contributed by atoms with E-state index in [-0.39, 0.29) is 11.9 Å². The van der Waals surface area contributed by atoms with Crippen molar-refractivity contribution in [1.29, 1.82) is 0 Å². The second kappa shape index (κ2) is 4.72. The van der Waals surface area contributed by atoms with Crippen LogP contribution in [0.1, 0.15) is 36.9 Å². The molecule has 0 aromatic heterocycles. The summed E-state index contributed by atoms with van der Waals surface area (Å²) in [6.07, 6.45) is 4.76. The Bertz CT molecular complexity index is 529. The van der Waals surface area contributed by atoms with Crippen molar-refractivity contribution in [2.75, 3.05) is 20.1 Å². The maximum atomic E-state index is 11.8. The van der Waals surface area contributed by atoms with E-state index in [0.717, 1.165) is 13.1 Å². The van der Waals surface area contributed by atoms with Crippen molar-refractivity contribution in [2.24, 2.45) is 0 Å². The van der Waals surface area contributed by atoms with Crippen molar-refractivity contribution in [3.8, 4) is 0 Å². The highest BCUT2D eigenvalue weighted by Gasteiger charge is 2.33. The summed E-state index contributed by atoms with van der Waals surface area (Å²) < 4.78 is 0. The Morgan fingerprint density at radius 1 is 1.26 bits per heavy atom. The van der Waals surface area contributed by atoms with E-state index >= 15 is 0 Å². The van der Waals surface area contributed by atoms with Gasteiger partial charge in [-0.05, 0) is 30.0 Å². The Kier molecular flexibility index (Phi) is 3.05. The molecule has 1 unspecified atom stereocenters. The second-order valence-electron chi connectivity index (χ2n) is 5.42. The largest absolute Gasteiger partial charge is 0.373 e. The first-order valence-corrected chi connectivity index (χ1v) is 6.97. The fraction of sp³-hybridized carbons (Fsp3) is 0.438. The summed E-state index contributed by atoms with van der Waals surface area (Å²) in [6, 6.07) is 8.48. The van der Waals surface area contributed by atoms with Crippen molar-refractivity contribution < 1.29 is 4.79 Å². The van der Waals surface area contributed by atoms with Crippen molar-refractivity contribution in [3.05, 3.63) is 41.1 Å². The second-order valence-corrected chi connectivity index (χ2v) is 5.42. The smallest absolute Gasteiger partial charge is 0.220 e. The predicted molar refractivity (Wildman–Crippen MR) is 76.4 cm³/mol. The van der Waals surface area contributed by atoms with Gasteiger partial charge in [-0.15, -0.1) is 0 Å². The molecule has 1 fully saturated rings. The fourth-order valence-electron chi connectivity index (χ4n) is 3.12. The summed E-state index contributed by atoms with van der Waals surface area (Å²) in [4.78, 5) is 16.1. The van der Waals surface area contributed by atoms with Crippen molar-refractivity contribution >= 4 is 12.0 Å². The SMILES string of the molecule is CC(=O)N(C)C1C(N2CCCC2)=Cc2ccccc21. The molecule has 3 nitrogen and oxygen atoms in total. The highest BCUT2D eigenvalue weighted by molar-refractivity contribution is 5.76. The van der Waals surface area contributed by atoms with Crippen molar-refractivity contribution in [1.82, 2.24) is 9.80 Å². The Morgan fingerprint density at radius 3 is 2.63 bits per heavy atom. The lowest BCUT2D eigenvalue weighted by Gasteiger charge is -2.32. The minimum absolute atomic E-state index is 0.0896. The summed E-state index contributed by atoms with van der Waals surface area (Å²) in [6.45, 7) is 3.87. The number of likely N-dealkylation sites (N-methyl/N-ethyl adjacent to an activating group) is 1. The van der Waals surface area contributed by atoms with E-state index in [9.17, 15) is 4.79 Å². The molecular formula is C16H20N2O. The molecule has 19 heavy (non-hydrogen) atoms. The number of hydrogen-bond donors (Lipinski definition) is 0. The molecule has 1 aliphatic carbocycles. The predicted octanol–water partition coefficient (Wildman–Crippen LogP) is 2.66. The number of amides is 1. The molecule has 1 heterocycles. The van der Waals surface area contributed by atoms with Crippen LogP contribution < -0.4 is 0 Å². The standard InChI is InChI=1S/C16H20N2O/c1-12(19)17(2)16-14-8-4-3-7-13(14)11-15(16)18-9-5-6-10-18/h3-4,7-8,11,16H,5-6,9-10H2,1-2H3. The summed E-state index contributed by atoms with van der Waals surface area (Å²) in [7, 11) is 1.90. The lowest BCUT2D eigenvalue weighted by Crippen LogP contribution is -2.34. The third-order valence-electron chi connectivity index (χ3n) is 4.23. The van der Waals surface area contributed by atoms with Crippen molar-refractivity contribution in [2.45, 2.75) is 25.8 Å². The number of benzene rings is 1. The molecule has 1 atom stereocenters. The number of carbonyl (C=O) groups is 1. The van der Waals surface area contributed by atoms with Crippen LogP contribution in [0.25, 0.3) is 6.08 Å². The molecule has 0 radical (unpaired) electrons. The van der Waals surface area contributed by atoms with Gasteiger partial charge in [-0.2, -0.15) is 0 Å². The number of fused-ring (bicyclic) bond motifs is 1. The molecule has 0 N–H and O–H groups in total. The van der Waals surface area contributed by atoms with Gasteiger partial charge in [-0.25, -0.2) is 0 Å². The van der Waals surface area contributed by atoms with E-state index in [0.29, 0.717) is 0 Å². The van der Waals surface area contributed by atoms with Gasteiger partial charge in [0.2, 0.25) is 5.91 Å². The van der Waals surface area contributed by atoms with Gasteiger partial charge < -0.3 is 9.80 Å². The minimum atomic E-state index is 0.0896. The van der Waals surface area contributed by atoms with E-state index in [1.54, 1.807) is 6.92 Å². The zero-order valence-corrected chi connectivity index (χ0v) is 11.6. The van der Waals surface area contributed by atoms with Crippen LogP contribution in [0.15, 0.2) is 30.0 Å². The quantitative estimate of drug-likeness (QED) is 0.812. The third kappa shape index (κ3) is 2.03. The first kappa shape index (κ1) is 12.3. The first-order chi connectivity index (χ1) is 9.18. The summed E-state index contributed by atoms with van der Waals surface area (Å²) in [5.41, 5.74) is 3.79. The normalized spacial score (nSPS) is 21.3. The molecule has 0 bridgehead atoms. The lowest BCUT2D eigenvalue weighted by molar-refractivity contribution is -0.129. The van der Waals surface area contributed by atoms with E-state index in [1.165, 1.54) is 29.7 Å². The van der Waals surface area contributed by atoms with Gasteiger partial charge >= 0.3 is 0 Å². The fourth-order valence-corrected chi connectivity index (χ4v) is 3.12. The van der Waals surface area contributed by atoms with Crippen LogP contribution in [-0.2, 0) is 4.79 Å². The molecule has 3 rings (SSSR count). The van der Waals surface area contributed by atoms with E-state index in [4.69, 9.17) is 0 Å². The van der Waals surface area contributed by atoms with Gasteiger partial charge in [0.15, 0.2) is 0 Å². The highest BCUT2D eigenvalue weighted by Crippen LogP contribution is 2.40. The van der Waals surface area contributed by atoms with E-state index in [1.807, 2.05) is 11.9 Å². The average Bonchev–Trinajstić information content (AvgIpc) is 3.04. The molecule has 3 heteroatoms. The van der Waals surface area contributed by atoms with Gasteiger partial charge in [0.05, 0.1) is 6.04 Å². The number of hydrogen-bond acceptors (Lipinski definition) is 2. The summed E-state index contributed by atoms with van der Waals surface area (Å²) >= 11 is 0. The summed E-state index contributed by atoms with van der Waals surface area (Å²) in [5.74, 6) is 0.117. The Hall–Kier alpha value is -1.77. The van der Waals surface area contributed by atoms with Crippen LogP contribution >= 0.6 is 0 Å². The number of likely N-dealkylation sites (tertiary alicyclic amines) is 1. The molecule has 100 valence electrons. The molecule has 1 aromatic rings. The summed E-state index contributed by atoms with van der Waals surface area (Å²) in [5, 5.41) is 0. The van der Waals surface area contributed by atoms with Crippen LogP contribution in [0.3, 0.4) is 0 Å². The lowest BCUT2D eigenvalue weighted by atomic mass is 10.0. The van der Waals surface area contributed by atoms with Gasteiger partial charge in [0, 0.05) is 32.8 Å². The molecule has 0 spiro atoms. The molecule has 1 aromatic carbocycles. The molecule has 2 aliphatic rings. The molecule has 0 saturated carbocycles. The molecular weight excluding hydrogens is 236 g/mol. The van der Waals surface area contributed by atoms with Crippen LogP contribution in [0.2, 0.25) is 0 Å². The maximum Gasteiger partial charge on any atom is 0.220 e. The van der Waals surface area contributed by atoms with Crippen LogP contribution in [0.5, 0.6) is 0 Å². The topological polar surface area (TPSA) is 23.6 Å². The average molecular weight is 256 g/mol. The molecule has 1 aliphatic heterocycles. The Morgan fingerprint density at radius 2 is 1.95 bits per heavy atom. The third-order valence-corrected chi connectivity index (χ3v) is 4.23. The first-order valence-electron chi connectivity index (χ1n) is 6.97. The van der Waals surface area contributed by atoms with Crippen LogP contribution in [0, 0.1) is 0 Å². The number of carbonyl (C=O) groups excluding carboxylic acids is 1. The number of rotatable bonds is 2. The molecule has 1 amide bonds. The van der Waals surface area contributed by atoms with Gasteiger partial charge in [-0.1, -0.05) is 24.3 Å². The van der Waals surface area contributed by atoms with E-state index in [2.05, 4.69) is 35.2 Å². The van der Waals surface area contributed by atoms with Gasteiger partial charge in [0.1, 0.15) is 0 Å².